The zero-order valence-electron chi connectivity index (χ0n) is 35.4. The Balaban J connectivity index is 1.31. The van der Waals surface area contributed by atoms with Crippen molar-refractivity contribution in [3.05, 3.63) is 107 Å². The van der Waals surface area contributed by atoms with Crippen LogP contribution in [0.15, 0.2) is 84.9 Å². The fraction of sp³-hybridized carbons (Fsp3) is 0.348. The number of benzene rings is 4. The highest BCUT2D eigenvalue weighted by Gasteiger charge is 2.39. The number of amides is 6. The third-order valence-corrected chi connectivity index (χ3v) is 11.5. The smallest absolute Gasteiger partial charge is 0.246 e. The van der Waals surface area contributed by atoms with E-state index < -0.39 is 71.7 Å². The first-order valence-corrected chi connectivity index (χ1v) is 20.3. The second-order valence-corrected chi connectivity index (χ2v) is 15.8. The number of hydrogen-bond donors (Lipinski definition) is 4. The molecule has 62 heavy (non-hydrogen) atoms. The molecule has 0 aromatic heterocycles. The summed E-state index contributed by atoms with van der Waals surface area (Å²) in [5, 5.41) is 11.1. The quantitative estimate of drug-likeness (QED) is 0.233. The molecule has 6 amide bonds. The second kappa shape index (κ2) is 18.3. The first kappa shape index (κ1) is 43.0. The summed E-state index contributed by atoms with van der Waals surface area (Å²) in [6.07, 6.45) is -0.00745. The van der Waals surface area contributed by atoms with Crippen molar-refractivity contribution < 1.29 is 47.7 Å². The number of likely N-dealkylation sites (N-methyl/N-ethyl adjacent to an activating group) is 2. The fourth-order valence-corrected chi connectivity index (χ4v) is 7.80. The van der Waals surface area contributed by atoms with Crippen LogP contribution in [0.3, 0.4) is 0 Å². The van der Waals surface area contributed by atoms with Crippen molar-refractivity contribution in [2.24, 2.45) is 0 Å². The van der Waals surface area contributed by atoms with E-state index in [0.29, 0.717) is 56.8 Å². The van der Waals surface area contributed by atoms with Crippen LogP contribution >= 0.6 is 0 Å². The van der Waals surface area contributed by atoms with E-state index >= 15 is 0 Å². The average Bonchev–Trinajstić information content (AvgIpc) is 3.26. The van der Waals surface area contributed by atoms with Gasteiger partial charge in [0, 0.05) is 39.8 Å². The zero-order valence-corrected chi connectivity index (χ0v) is 35.4. The number of rotatable bonds is 2. The molecular formula is C46H50N6O10. The molecule has 1 fully saturated rings. The zero-order chi connectivity index (χ0) is 44.2. The van der Waals surface area contributed by atoms with Crippen LogP contribution in [-0.4, -0.2) is 110 Å². The molecule has 16 nitrogen and oxygen atoms in total. The van der Waals surface area contributed by atoms with Crippen molar-refractivity contribution in [3.8, 4) is 34.5 Å². The van der Waals surface area contributed by atoms with Crippen molar-refractivity contribution in [3.63, 3.8) is 0 Å². The third kappa shape index (κ3) is 9.43. The SMILES string of the molecule is COc1ccc2cc1Oc1ccc(cc1)C[C@@H]1NC(=O)[C@@H](C)NC(=O)[C@@H]3Cc4ccc(OC)c(c4)Oc4ccc(cc4)C[C@@H](C(=O)N3C)N(C)C(=O)[C@H](C)NC(=O)[C@H](C2)NC1=O. The molecule has 0 unspecified atom stereocenters. The van der Waals surface area contributed by atoms with Gasteiger partial charge in [0.05, 0.1) is 14.2 Å². The molecule has 1 saturated heterocycles. The van der Waals surface area contributed by atoms with E-state index in [1.165, 1.54) is 52.0 Å². The lowest BCUT2D eigenvalue weighted by Gasteiger charge is -2.36. The molecule has 12 bridgehead atoms. The van der Waals surface area contributed by atoms with E-state index in [9.17, 15) is 28.8 Å². The maximum absolute atomic E-state index is 14.8. The van der Waals surface area contributed by atoms with Gasteiger partial charge in [0.1, 0.15) is 47.8 Å². The summed E-state index contributed by atoms with van der Waals surface area (Å²) >= 11 is 0. The van der Waals surface area contributed by atoms with Gasteiger partial charge in [0.15, 0.2) is 23.0 Å². The number of carbonyl (C=O) groups is 6. The number of carbonyl (C=O) groups excluding carboxylic acids is 6. The number of methoxy groups -OCH3 is 2. The molecule has 0 spiro atoms. The van der Waals surface area contributed by atoms with Crippen LogP contribution in [0.1, 0.15) is 36.1 Å². The van der Waals surface area contributed by atoms with Crippen molar-refractivity contribution in [1.29, 1.82) is 0 Å². The Morgan fingerprint density at radius 3 is 1.45 bits per heavy atom. The molecule has 5 aliphatic heterocycles. The van der Waals surface area contributed by atoms with E-state index in [0.717, 1.165) is 0 Å². The van der Waals surface area contributed by atoms with Crippen LogP contribution < -0.4 is 40.2 Å². The van der Waals surface area contributed by atoms with Gasteiger partial charge in [-0.25, -0.2) is 0 Å². The van der Waals surface area contributed by atoms with Gasteiger partial charge in [-0.2, -0.15) is 0 Å². The molecule has 9 rings (SSSR count). The van der Waals surface area contributed by atoms with E-state index in [-0.39, 0.29) is 25.7 Å². The van der Waals surface area contributed by atoms with E-state index in [2.05, 4.69) is 21.3 Å². The van der Waals surface area contributed by atoms with Crippen LogP contribution in [0.4, 0.5) is 0 Å². The molecule has 5 aliphatic rings. The fourth-order valence-electron chi connectivity index (χ4n) is 7.80. The minimum absolute atomic E-state index is 0.00676. The molecule has 4 aromatic rings. The number of fused-ring (bicyclic) bond motifs is 4. The second-order valence-electron chi connectivity index (χ2n) is 15.8. The molecule has 0 saturated carbocycles. The Morgan fingerprint density at radius 1 is 0.484 bits per heavy atom. The molecule has 5 heterocycles. The molecule has 0 aliphatic carbocycles. The number of nitrogens with zero attached hydrogens (tertiary/aromatic N) is 2. The summed E-state index contributed by atoms with van der Waals surface area (Å²) in [5.74, 6) is -1.22. The molecule has 16 heteroatoms. The molecule has 4 aromatic carbocycles. The van der Waals surface area contributed by atoms with Crippen LogP contribution in [0.5, 0.6) is 34.5 Å². The highest BCUT2D eigenvalue weighted by atomic mass is 16.5. The van der Waals surface area contributed by atoms with Gasteiger partial charge in [-0.05, 0) is 84.6 Å². The lowest BCUT2D eigenvalue weighted by atomic mass is 9.98. The van der Waals surface area contributed by atoms with E-state index in [4.69, 9.17) is 18.9 Å². The molecule has 6 atom stereocenters. The molecule has 4 N–H and O–H groups in total. The normalized spacial score (nSPS) is 23.6. The van der Waals surface area contributed by atoms with E-state index in [1.807, 2.05) is 0 Å². The number of hydrogen-bond acceptors (Lipinski definition) is 10. The first-order valence-electron chi connectivity index (χ1n) is 20.3. The minimum atomic E-state index is -1.24. The number of nitrogens with one attached hydrogen (secondary N) is 4. The summed E-state index contributed by atoms with van der Waals surface area (Å²) in [6.45, 7) is 2.97. The van der Waals surface area contributed by atoms with Gasteiger partial charge in [-0.1, -0.05) is 36.4 Å². The Labute approximate surface area is 359 Å². The number of ether oxygens (including phenoxy) is 4. The minimum Gasteiger partial charge on any atom is -0.493 e. The van der Waals surface area contributed by atoms with Crippen molar-refractivity contribution >= 4 is 35.4 Å². The van der Waals surface area contributed by atoms with Crippen LogP contribution in [0.2, 0.25) is 0 Å². The summed E-state index contributed by atoms with van der Waals surface area (Å²) in [7, 11) is 5.96. The maximum atomic E-state index is 14.8. The summed E-state index contributed by atoms with van der Waals surface area (Å²) in [6, 6.07) is 17.1. The molecule has 0 radical (unpaired) electrons. The van der Waals surface area contributed by atoms with Crippen LogP contribution in [0.25, 0.3) is 0 Å². The standard InChI is InChI=1S/C46H50N6O10/c1-25-41(53)49-33-19-27-7-13-31(14-8-27)61-39-23-29(11-17-37(39)59-5)20-34(50-43(33)55)42(54)48-26(2)45(57)52(4)36-21-28-9-15-32(16-10-28)62-40-24-30(12-18-38(40)60-6)22-35(44(56)47-25)51(3)46(36)58/h7-18,23-26,33-36H,19-22H2,1-6H3,(H,47,56)(H,48,54)(H,49,53)(H,50,55)/t25-,26+,33+,34+,35+,36+/m1/s1. The van der Waals surface area contributed by atoms with Gasteiger partial charge >= 0.3 is 0 Å². The topological polar surface area (TPSA) is 194 Å². The average molecular weight is 847 g/mol. The Kier molecular flexibility index (Phi) is 12.7. The van der Waals surface area contributed by atoms with Gasteiger partial charge in [-0.3, -0.25) is 28.8 Å². The Bertz CT molecular complexity index is 2370. The van der Waals surface area contributed by atoms with E-state index in [1.54, 1.807) is 84.9 Å². The predicted molar refractivity (Wildman–Crippen MR) is 226 cm³/mol. The Morgan fingerprint density at radius 2 is 0.903 bits per heavy atom. The van der Waals surface area contributed by atoms with Crippen LogP contribution in [-0.2, 0) is 54.5 Å². The van der Waals surface area contributed by atoms with Crippen LogP contribution in [0, 0.1) is 0 Å². The van der Waals surface area contributed by atoms with Gasteiger partial charge in [0.25, 0.3) is 0 Å². The summed E-state index contributed by atoms with van der Waals surface area (Å²) < 4.78 is 23.5. The lowest BCUT2D eigenvalue weighted by molar-refractivity contribution is -0.149. The monoisotopic (exact) mass is 846 g/mol. The van der Waals surface area contributed by atoms with Crippen molar-refractivity contribution in [2.75, 3.05) is 28.3 Å². The van der Waals surface area contributed by atoms with Gasteiger partial charge < -0.3 is 50.0 Å². The van der Waals surface area contributed by atoms with Crippen molar-refractivity contribution in [2.45, 2.75) is 75.8 Å². The lowest BCUT2D eigenvalue weighted by Crippen LogP contribution is -2.62. The van der Waals surface area contributed by atoms with Gasteiger partial charge in [-0.15, -0.1) is 0 Å². The van der Waals surface area contributed by atoms with Crippen molar-refractivity contribution in [1.82, 2.24) is 31.1 Å². The highest BCUT2D eigenvalue weighted by molar-refractivity contribution is 5.98. The Hall–Kier alpha value is -7.10. The first-order chi connectivity index (χ1) is 29.7. The predicted octanol–water partition coefficient (Wildman–Crippen LogP) is 2.83. The summed E-state index contributed by atoms with van der Waals surface area (Å²) in [4.78, 5) is 88.7. The van der Waals surface area contributed by atoms with Gasteiger partial charge in [0.2, 0.25) is 35.4 Å². The third-order valence-electron chi connectivity index (χ3n) is 11.5. The maximum Gasteiger partial charge on any atom is 0.246 e. The summed E-state index contributed by atoms with van der Waals surface area (Å²) in [5.41, 5.74) is 2.54. The largest absolute Gasteiger partial charge is 0.493 e. The molecular weight excluding hydrogens is 797 g/mol. The molecule has 324 valence electrons. The highest BCUT2D eigenvalue weighted by Crippen LogP contribution is 2.35.